The van der Waals surface area contributed by atoms with Crippen molar-refractivity contribution >= 4 is 41.2 Å². The minimum atomic E-state index is -1.07. The summed E-state index contributed by atoms with van der Waals surface area (Å²) in [6, 6.07) is -0.196. The lowest BCUT2D eigenvalue weighted by molar-refractivity contribution is -0.144. The van der Waals surface area contributed by atoms with E-state index in [0.717, 1.165) is 77.0 Å². The van der Waals surface area contributed by atoms with Crippen molar-refractivity contribution in [2.75, 3.05) is 72.5 Å². The number of hydrogen-bond acceptors (Lipinski definition) is 12. The summed E-state index contributed by atoms with van der Waals surface area (Å²) < 4.78 is 21.9. The van der Waals surface area contributed by atoms with Crippen LogP contribution >= 0.6 is 0 Å². The van der Waals surface area contributed by atoms with Crippen LogP contribution in [0.3, 0.4) is 0 Å². The van der Waals surface area contributed by atoms with Crippen molar-refractivity contribution < 1.29 is 62.7 Å². The molecule has 68 heavy (non-hydrogen) atoms. The Morgan fingerprint density at radius 3 is 1.32 bits per heavy atom. The molecule has 0 aromatic carbocycles. The monoisotopic (exact) mass is 971 g/mol. The predicted molar refractivity (Wildman–Crippen MR) is 263 cm³/mol. The highest BCUT2D eigenvalue weighted by Crippen LogP contribution is 2.22. The van der Waals surface area contributed by atoms with E-state index in [-0.39, 0.29) is 124 Å². The second kappa shape index (κ2) is 41.3. The number of ether oxygens (including phenoxy) is 4. The van der Waals surface area contributed by atoms with E-state index in [0.29, 0.717) is 45.8 Å². The summed E-state index contributed by atoms with van der Waals surface area (Å²) >= 11 is 0. The number of nitrogens with one attached hydrogen (secondary N) is 4. The molecule has 17 nitrogen and oxygen atoms in total. The molecule has 0 bridgehead atoms. The fourth-order valence-electron chi connectivity index (χ4n) is 7.31. The summed E-state index contributed by atoms with van der Waals surface area (Å²) in [5.41, 5.74) is -0.223. The highest BCUT2D eigenvalue weighted by molar-refractivity contribution is 5.85. The molecule has 3 amide bonds. The fraction of sp³-hybridized carbons (Fsp3) is 0.863. The molecule has 0 rings (SSSR count). The lowest BCUT2D eigenvalue weighted by atomic mass is 9.86. The van der Waals surface area contributed by atoms with E-state index < -0.39 is 17.9 Å². The molecule has 0 aromatic rings. The number of carboxylic acids is 2. The van der Waals surface area contributed by atoms with Crippen molar-refractivity contribution in [1.82, 2.24) is 21.3 Å². The van der Waals surface area contributed by atoms with Gasteiger partial charge in [-0.15, -0.1) is 0 Å². The lowest BCUT2D eigenvalue weighted by Crippen LogP contribution is -2.48. The Hall–Kier alpha value is -3.51. The van der Waals surface area contributed by atoms with Gasteiger partial charge in [0, 0.05) is 70.1 Å². The molecule has 0 saturated carbocycles. The van der Waals surface area contributed by atoms with Gasteiger partial charge in [0.1, 0.15) is 11.6 Å². The van der Waals surface area contributed by atoms with Gasteiger partial charge >= 0.3 is 11.9 Å². The minimum Gasteiger partial charge on any atom is -0.481 e. The summed E-state index contributed by atoms with van der Waals surface area (Å²) in [4.78, 5) is 84.0. The molecule has 0 aliphatic carbocycles. The average molecular weight is 971 g/mol. The third-order valence-electron chi connectivity index (χ3n) is 10.9. The summed E-state index contributed by atoms with van der Waals surface area (Å²) in [5, 5.41) is 30.1. The maximum absolute atomic E-state index is 12.9. The predicted octanol–water partition coefficient (Wildman–Crippen LogP) is 7.10. The van der Waals surface area contributed by atoms with E-state index in [1.165, 1.54) is 19.3 Å². The average Bonchev–Trinajstić information content (AvgIpc) is 3.24. The van der Waals surface area contributed by atoms with Gasteiger partial charge in [-0.2, -0.15) is 0 Å². The lowest BCUT2D eigenvalue weighted by Gasteiger charge is -2.30. The van der Waals surface area contributed by atoms with Gasteiger partial charge in [0.2, 0.25) is 17.7 Å². The van der Waals surface area contributed by atoms with E-state index in [9.17, 15) is 38.7 Å². The van der Waals surface area contributed by atoms with E-state index in [4.69, 9.17) is 24.1 Å². The van der Waals surface area contributed by atoms with Crippen molar-refractivity contribution in [3.8, 4) is 0 Å². The minimum absolute atomic E-state index is 0.00605. The first-order valence-corrected chi connectivity index (χ1v) is 25.7. The number of carbonyl (C=O) groups is 7. The standard InChI is InChI=1S/C51H94N4O13/c1-50(2,3)40-44(57)43(55-51(4,5)6)22-19-20-28-52-46(59)26-31-65-35-38-68-34-30-54-47(60)27-32-66-36-37-67-33-29-53-45(58)25-24-41(49(63)64)39-42(56)21-17-15-13-11-9-7-8-10-12-14-16-18-23-48(61)62/h41,43,55H,7-40H2,1-6H3,(H,52,59)(H,53,58)(H,54,60)(H,61,62)(H,63,64). The molecule has 0 aliphatic heterocycles. The van der Waals surface area contributed by atoms with Gasteiger partial charge in [-0.05, 0) is 64.7 Å². The zero-order valence-electron chi connectivity index (χ0n) is 43.1. The number of aliphatic carboxylic acids is 2. The van der Waals surface area contributed by atoms with Crippen LogP contribution in [0.1, 0.15) is 189 Å². The van der Waals surface area contributed by atoms with E-state index in [1.807, 2.05) is 0 Å². The Morgan fingerprint density at radius 1 is 0.456 bits per heavy atom. The van der Waals surface area contributed by atoms with Gasteiger partial charge in [0.05, 0.1) is 64.8 Å². The Morgan fingerprint density at radius 2 is 0.882 bits per heavy atom. The van der Waals surface area contributed by atoms with Crippen LogP contribution in [0.4, 0.5) is 0 Å². The molecule has 0 aliphatic rings. The number of Topliss-reactive ketones (excluding diaryl/α,β-unsaturated/α-hetero) is 2. The first-order chi connectivity index (χ1) is 32.3. The molecular formula is C51H94N4O13. The maximum atomic E-state index is 12.9. The van der Waals surface area contributed by atoms with E-state index >= 15 is 0 Å². The highest BCUT2D eigenvalue weighted by Gasteiger charge is 2.27. The maximum Gasteiger partial charge on any atom is 0.306 e. The van der Waals surface area contributed by atoms with Gasteiger partial charge in [-0.25, -0.2) is 0 Å². The van der Waals surface area contributed by atoms with E-state index in [2.05, 4.69) is 62.8 Å². The quantitative estimate of drug-likeness (QED) is 0.0333. The Kier molecular flexibility index (Phi) is 39.2. The molecule has 0 fully saturated rings. The summed E-state index contributed by atoms with van der Waals surface area (Å²) in [5.74, 6) is -3.09. The van der Waals surface area contributed by atoms with Crippen LogP contribution in [-0.4, -0.2) is 136 Å². The van der Waals surface area contributed by atoms with Crippen LogP contribution in [0.5, 0.6) is 0 Å². The zero-order chi connectivity index (χ0) is 50.9. The third-order valence-corrected chi connectivity index (χ3v) is 10.9. The van der Waals surface area contributed by atoms with Gasteiger partial charge < -0.3 is 50.4 Å². The second-order valence-corrected chi connectivity index (χ2v) is 20.1. The number of carboxylic acid groups (broad SMARTS) is 2. The molecule has 396 valence electrons. The van der Waals surface area contributed by atoms with Crippen LogP contribution in [0, 0.1) is 11.3 Å². The van der Waals surface area contributed by atoms with Crippen LogP contribution < -0.4 is 21.3 Å². The van der Waals surface area contributed by atoms with Crippen LogP contribution in [0.2, 0.25) is 0 Å². The number of carbonyl (C=O) groups excluding carboxylic acids is 5. The van der Waals surface area contributed by atoms with Crippen molar-refractivity contribution in [3.63, 3.8) is 0 Å². The molecule has 2 unspecified atom stereocenters. The number of amides is 3. The molecule has 2 atom stereocenters. The van der Waals surface area contributed by atoms with Crippen molar-refractivity contribution in [3.05, 3.63) is 0 Å². The second-order valence-electron chi connectivity index (χ2n) is 20.1. The topological polar surface area (TPSA) is 245 Å². The van der Waals surface area contributed by atoms with Crippen LogP contribution in [0.15, 0.2) is 0 Å². The Balaban J connectivity index is 3.73. The summed E-state index contributed by atoms with van der Waals surface area (Å²) in [6.45, 7) is 15.8. The third kappa shape index (κ3) is 45.0. The van der Waals surface area contributed by atoms with E-state index in [1.54, 1.807) is 0 Å². The zero-order valence-corrected chi connectivity index (χ0v) is 43.1. The molecule has 6 N–H and O–H groups in total. The largest absolute Gasteiger partial charge is 0.481 e. The molecule has 0 saturated heterocycles. The number of unbranched alkanes of at least 4 members (excludes halogenated alkanes) is 12. The molecule has 0 aromatic heterocycles. The number of ketones is 2. The summed E-state index contributed by atoms with van der Waals surface area (Å²) in [6.07, 6.45) is 16.5. The van der Waals surface area contributed by atoms with Crippen molar-refractivity contribution in [2.24, 2.45) is 11.3 Å². The van der Waals surface area contributed by atoms with Gasteiger partial charge in [0.15, 0.2) is 0 Å². The number of hydrogen-bond donors (Lipinski definition) is 6. The fourth-order valence-corrected chi connectivity index (χ4v) is 7.31. The highest BCUT2D eigenvalue weighted by atomic mass is 16.5. The van der Waals surface area contributed by atoms with Crippen LogP contribution in [-0.2, 0) is 52.5 Å². The van der Waals surface area contributed by atoms with Gasteiger partial charge in [0.25, 0.3) is 0 Å². The van der Waals surface area contributed by atoms with Crippen molar-refractivity contribution in [1.29, 1.82) is 0 Å². The first kappa shape index (κ1) is 64.5. The molecule has 0 radical (unpaired) electrons. The Bertz CT molecular complexity index is 1380. The smallest absolute Gasteiger partial charge is 0.306 e. The molecule has 0 spiro atoms. The normalized spacial score (nSPS) is 12.6. The SMILES string of the molecule is CC(C)(C)CC(=O)C(CCCCNC(=O)CCOCCOCCNC(=O)CCOCCOCCNC(=O)CCC(CC(=O)CCCCCCCCCCCCCCC(=O)O)C(=O)O)NC(C)(C)C. The van der Waals surface area contributed by atoms with Crippen LogP contribution in [0.25, 0.3) is 0 Å². The Labute approximate surface area is 408 Å². The molecule has 0 heterocycles. The van der Waals surface area contributed by atoms with Gasteiger partial charge in [-0.1, -0.05) is 85.0 Å². The molecular weight excluding hydrogens is 877 g/mol. The molecule has 17 heteroatoms. The summed E-state index contributed by atoms with van der Waals surface area (Å²) in [7, 11) is 0. The number of rotatable bonds is 47. The van der Waals surface area contributed by atoms with Gasteiger partial charge in [-0.3, -0.25) is 33.6 Å². The van der Waals surface area contributed by atoms with Crippen molar-refractivity contribution in [2.45, 2.75) is 201 Å². The first-order valence-electron chi connectivity index (χ1n) is 25.7.